The smallest absolute Gasteiger partial charge is 0.124 e. The average Bonchev–Trinajstić information content (AvgIpc) is 3.07. The lowest BCUT2D eigenvalue weighted by molar-refractivity contribution is 0.480. The SMILES string of the molecule is NC(Cc1ccc(F)cc1Br)C1C2CCCCC21. The second-order valence-electron chi connectivity index (χ2n) is 5.79. The largest absolute Gasteiger partial charge is 0.327 e. The highest BCUT2D eigenvalue weighted by Crippen LogP contribution is 2.56. The number of hydrogen-bond acceptors (Lipinski definition) is 1. The number of halogens is 2. The van der Waals surface area contributed by atoms with Gasteiger partial charge in [0.15, 0.2) is 0 Å². The van der Waals surface area contributed by atoms with Crippen molar-refractivity contribution in [1.82, 2.24) is 0 Å². The van der Waals surface area contributed by atoms with Crippen molar-refractivity contribution >= 4 is 15.9 Å². The average molecular weight is 312 g/mol. The van der Waals surface area contributed by atoms with Gasteiger partial charge in [-0.2, -0.15) is 0 Å². The molecule has 0 spiro atoms. The van der Waals surface area contributed by atoms with E-state index in [0.29, 0.717) is 5.92 Å². The minimum absolute atomic E-state index is 0.195. The van der Waals surface area contributed by atoms with Crippen LogP contribution >= 0.6 is 15.9 Å². The second kappa shape index (κ2) is 4.93. The van der Waals surface area contributed by atoms with Crippen LogP contribution in [0, 0.1) is 23.6 Å². The highest BCUT2D eigenvalue weighted by Gasteiger charge is 2.52. The number of nitrogens with two attached hydrogens (primary N) is 1. The van der Waals surface area contributed by atoms with Crippen molar-refractivity contribution in [1.29, 1.82) is 0 Å². The Morgan fingerprint density at radius 2 is 1.94 bits per heavy atom. The molecule has 3 rings (SSSR count). The fourth-order valence-corrected chi connectivity index (χ4v) is 4.27. The van der Waals surface area contributed by atoms with E-state index in [1.54, 1.807) is 0 Å². The normalized spacial score (nSPS) is 31.8. The maximum absolute atomic E-state index is 13.0. The van der Waals surface area contributed by atoms with Crippen molar-refractivity contribution in [2.45, 2.75) is 38.1 Å². The van der Waals surface area contributed by atoms with Gasteiger partial charge in [0.1, 0.15) is 5.82 Å². The Hall–Kier alpha value is -0.410. The molecule has 0 bridgehead atoms. The first kappa shape index (κ1) is 12.6. The fraction of sp³-hybridized carbons (Fsp3) is 0.600. The minimum Gasteiger partial charge on any atom is -0.327 e. The molecule has 0 aliphatic heterocycles. The molecule has 2 saturated carbocycles. The van der Waals surface area contributed by atoms with Gasteiger partial charge in [0, 0.05) is 10.5 Å². The first-order valence-electron chi connectivity index (χ1n) is 6.86. The zero-order valence-electron chi connectivity index (χ0n) is 10.4. The molecule has 3 unspecified atom stereocenters. The quantitative estimate of drug-likeness (QED) is 0.900. The van der Waals surface area contributed by atoms with Gasteiger partial charge >= 0.3 is 0 Å². The molecular weight excluding hydrogens is 293 g/mol. The summed E-state index contributed by atoms with van der Waals surface area (Å²) in [7, 11) is 0. The Kier molecular flexibility index (Phi) is 3.46. The van der Waals surface area contributed by atoms with E-state index in [1.807, 2.05) is 6.07 Å². The standard InChI is InChI=1S/C15H19BrFN/c16-13-8-10(17)6-5-9(13)7-14(18)15-11-3-1-2-4-12(11)15/h5-6,8,11-12,14-15H,1-4,7,18H2. The van der Waals surface area contributed by atoms with E-state index in [1.165, 1.54) is 37.8 Å². The second-order valence-corrected chi connectivity index (χ2v) is 6.65. The molecule has 1 nitrogen and oxygen atoms in total. The van der Waals surface area contributed by atoms with Crippen LogP contribution in [0.4, 0.5) is 4.39 Å². The van der Waals surface area contributed by atoms with Gasteiger partial charge in [0.05, 0.1) is 0 Å². The van der Waals surface area contributed by atoms with Crippen molar-refractivity contribution in [3.05, 3.63) is 34.1 Å². The molecule has 0 heterocycles. The molecule has 1 aromatic rings. The van der Waals surface area contributed by atoms with Crippen LogP contribution in [0.15, 0.2) is 22.7 Å². The van der Waals surface area contributed by atoms with Gasteiger partial charge in [-0.05, 0) is 54.7 Å². The molecular formula is C15H19BrFN. The van der Waals surface area contributed by atoms with E-state index < -0.39 is 0 Å². The van der Waals surface area contributed by atoms with Gasteiger partial charge < -0.3 is 5.73 Å². The van der Waals surface area contributed by atoms with E-state index in [0.717, 1.165) is 28.3 Å². The third-order valence-corrected chi connectivity index (χ3v) is 5.43. The molecule has 2 aliphatic rings. The van der Waals surface area contributed by atoms with Gasteiger partial charge in [-0.3, -0.25) is 0 Å². The minimum atomic E-state index is -0.195. The first-order valence-corrected chi connectivity index (χ1v) is 7.65. The van der Waals surface area contributed by atoms with Gasteiger partial charge in [-0.15, -0.1) is 0 Å². The first-order chi connectivity index (χ1) is 8.66. The van der Waals surface area contributed by atoms with E-state index >= 15 is 0 Å². The number of hydrogen-bond donors (Lipinski definition) is 1. The summed E-state index contributed by atoms with van der Waals surface area (Å²) in [6, 6.07) is 5.14. The molecule has 18 heavy (non-hydrogen) atoms. The summed E-state index contributed by atoms with van der Waals surface area (Å²) in [4.78, 5) is 0. The lowest BCUT2D eigenvalue weighted by atomic mass is 10.0. The zero-order valence-corrected chi connectivity index (χ0v) is 12.0. The number of fused-ring (bicyclic) bond motifs is 1. The topological polar surface area (TPSA) is 26.0 Å². The van der Waals surface area contributed by atoms with Crippen LogP contribution in [0.3, 0.4) is 0 Å². The molecule has 2 aliphatic carbocycles. The Balaban J connectivity index is 1.66. The highest BCUT2D eigenvalue weighted by molar-refractivity contribution is 9.10. The molecule has 1 aromatic carbocycles. The maximum atomic E-state index is 13.0. The van der Waals surface area contributed by atoms with Crippen LogP contribution in [0.5, 0.6) is 0 Å². The van der Waals surface area contributed by atoms with Crippen molar-refractivity contribution in [2.24, 2.45) is 23.5 Å². The van der Waals surface area contributed by atoms with Crippen LogP contribution in [0.1, 0.15) is 31.2 Å². The lowest BCUT2D eigenvalue weighted by Gasteiger charge is -2.13. The number of benzene rings is 1. The Morgan fingerprint density at radius 1 is 1.28 bits per heavy atom. The third kappa shape index (κ3) is 2.35. The Labute approximate surface area is 116 Å². The molecule has 2 N–H and O–H groups in total. The van der Waals surface area contributed by atoms with Gasteiger partial charge in [0.25, 0.3) is 0 Å². The third-order valence-electron chi connectivity index (χ3n) is 4.69. The zero-order chi connectivity index (χ0) is 12.7. The molecule has 0 saturated heterocycles. The van der Waals surface area contributed by atoms with Crippen LogP contribution in [-0.2, 0) is 6.42 Å². The van der Waals surface area contributed by atoms with Gasteiger partial charge in [-0.25, -0.2) is 4.39 Å². The molecule has 0 aromatic heterocycles. The summed E-state index contributed by atoms with van der Waals surface area (Å²) in [5, 5.41) is 0. The Bertz CT molecular complexity index is 436. The van der Waals surface area contributed by atoms with E-state index in [4.69, 9.17) is 5.73 Å². The molecule has 3 atom stereocenters. The van der Waals surface area contributed by atoms with Crippen molar-refractivity contribution < 1.29 is 4.39 Å². The van der Waals surface area contributed by atoms with Crippen molar-refractivity contribution in [3.63, 3.8) is 0 Å². The predicted octanol–water partition coefficient (Wildman–Crippen LogP) is 3.89. The summed E-state index contributed by atoms with van der Waals surface area (Å²) >= 11 is 3.43. The van der Waals surface area contributed by atoms with Crippen LogP contribution < -0.4 is 5.73 Å². The van der Waals surface area contributed by atoms with E-state index in [9.17, 15) is 4.39 Å². The van der Waals surface area contributed by atoms with Crippen molar-refractivity contribution in [3.8, 4) is 0 Å². The summed E-state index contributed by atoms with van der Waals surface area (Å²) in [5.41, 5.74) is 7.50. The summed E-state index contributed by atoms with van der Waals surface area (Å²) in [6.45, 7) is 0. The van der Waals surface area contributed by atoms with Gasteiger partial charge in [0.2, 0.25) is 0 Å². The van der Waals surface area contributed by atoms with E-state index in [2.05, 4.69) is 15.9 Å². The summed E-state index contributed by atoms with van der Waals surface area (Å²) in [5.74, 6) is 2.28. The van der Waals surface area contributed by atoms with Crippen LogP contribution in [0.25, 0.3) is 0 Å². The summed E-state index contributed by atoms with van der Waals surface area (Å²) < 4.78 is 13.9. The molecule has 0 radical (unpaired) electrons. The fourth-order valence-electron chi connectivity index (χ4n) is 3.76. The lowest BCUT2D eigenvalue weighted by Crippen LogP contribution is -2.27. The van der Waals surface area contributed by atoms with Crippen molar-refractivity contribution in [2.75, 3.05) is 0 Å². The highest BCUT2D eigenvalue weighted by atomic mass is 79.9. The van der Waals surface area contributed by atoms with Gasteiger partial charge in [-0.1, -0.05) is 34.8 Å². The molecule has 2 fully saturated rings. The van der Waals surface area contributed by atoms with E-state index in [-0.39, 0.29) is 11.9 Å². The maximum Gasteiger partial charge on any atom is 0.124 e. The Morgan fingerprint density at radius 3 is 2.56 bits per heavy atom. The molecule has 0 amide bonds. The van der Waals surface area contributed by atoms with Crippen LogP contribution in [-0.4, -0.2) is 6.04 Å². The number of rotatable bonds is 3. The molecule has 98 valence electrons. The predicted molar refractivity (Wildman–Crippen MR) is 74.7 cm³/mol. The summed E-state index contributed by atoms with van der Waals surface area (Å²) in [6.07, 6.45) is 6.36. The monoisotopic (exact) mass is 311 g/mol. The van der Waals surface area contributed by atoms with Crippen LogP contribution in [0.2, 0.25) is 0 Å². The molecule has 3 heteroatoms.